The predicted molar refractivity (Wildman–Crippen MR) is 149 cm³/mol. The number of hydrogen-bond donors (Lipinski definition) is 1. The van der Waals surface area contributed by atoms with E-state index in [1.54, 1.807) is 26.2 Å². The van der Waals surface area contributed by atoms with Crippen molar-refractivity contribution in [2.45, 2.75) is 33.3 Å². The van der Waals surface area contributed by atoms with Gasteiger partial charge in [-0.2, -0.15) is 4.98 Å². The first-order chi connectivity index (χ1) is 18.2. The zero-order valence-corrected chi connectivity index (χ0v) is 22.7. The number of anilines is 1. The van der Waals surface area contributed by atoms with E-state index in [1.165, 1.54) is 0 Å². The smallest absolute Gasteiger partial charge is 0.228 e. The van der Waals surface area contributed by atoms with E-state index < -0.39 is 0 Å². The molecule has 4 aromatic rings. The van der Waals surface area contributed by atoms with Gasteiger partial charge in [0.2, 0.25) is 17.6 Å². The van der Waals surface area contributed by atoms with Crippen LogP contribution in [0.5, 0.6) is 11.5 Å². The Morgan fingerprint density at radius 2 is 1.74 bits per heavy atom. The highest BCUT2D eigenvalue weighted by Crippen LogP contribution is 2.31. The number of likely N-dealkylation sites (N-methyl/N-ethyl adjacent to an activating group) is 1. The number of aryl methyl sites for hydroxylation is 2. The largest absolute Gasteiger partial charge is 0.493 e. The molecule has 8 heteroatoms. The van der Waals surface area contributed by atoms with Crippen LogP contribution in [0.2, 0.25) is 0 Å². The number of nitrogens with one attached hydrogen (secondary N) is 1. The van der Waals surface area contributed by atoms with Gasteiger partial charge < -0.3 is 24.2 Å². The molecule has 0 spiro atoms. The summed E-state index contributed by atoms with van der Waals surface area (Å²) in [5.74, 6) is 2.24. The Morgan fingerprint density at radius 3 is 2.37 bits per heavy atom. The highest BCUT2D eigenvalue weighted by Gasteiger charge is 2.13. The van der Waals surface area contributed by atoms with Crippen LogP contribution in [-0.2, 0) is 11.2 Å². The van der Waals surface area contributed by atoms with E-state index >= 15 is 0 Å². The number of amides is 1. The van der Waals surface area contributed by atoms with Crippen molar-refractivity contribution in [2.75, 3.05) is 33.1 Å². The van der Waals surface area contributed by atoms with Gasteiger partial charge in [0.05, 0.1) is 13.5 Å². The van der Waals surface area contributed by atoms with Gasteiger partial charge in [0.1, 0.15) is 6.10 Å². The maximum Gasteiger partial charge on any atom is 0.228 e. The van der Waals surface area contributed by atoms with Crippen LogP contribution in [0.15, 0.2) is 65.2 Å². The number of carbonyl (C=O) groups excluding carboxylic acids is 1. The summed E-state index contributed by atoms with van der Waals surface area (Å²) in [4.78, 5) is 19.1. The van der Waals surface area contributed by atoms with Gasteiger partial charge >= 0.3 is 0 Å². The molecule has 198 valence electrons. The molecule has 38 heavy (non-hydrogen) atoms. The summed E-state index contributed by atoms with van der Waals surface area (Å²) in [7, 11) is 5.59. The van der Waals surface area contributed by atoms with E-state index in [4.69, 9.17) is 14.0 Å². The fourth-order valence-electron chi connectivity index (χ4n) is 4.35. The van der Waals surface area contributed by atoms with E-state index in [0.29, 0.717) is 28.9 Å². The Labute approximate surface area is 223 Å². The molecule has 1 atom stereocenters. The molecule has 0 aliphatic heterocycles. The first-order valence-corrected chi connectivity index (χ1v) is 12.5. The summed E-state index contributed by atoms with van der Waals surface area (Å²) >= 11 is 0. The van der Waals surface area contributed by atoms with Crippen molar-refractivity contribution in [3.8, 4) is 34.0 Å². The van der Waals surface area contributed by atoms with Crippen molar-refractivity contribution in [3.05, 3.63) is 77.7 Å². The van der Waals surface area contributed by atoms with Crippen LogP contribution in [-0.4, -0.2) is 54.8 Å². The Balaban J connectivity index is 1.40. The molecule has 0 saturated carbocycles. The van der Waals surface area contributed by atoms with Crippen LogP contribution >= 0.6 is 0 Å². The minimum absolute atomic E-state index is 0.0358. The molecule has 1 amide bonds. The maximum absolute atomic E-state index is 12.8. The van der Waals surface area contributed by atoms with Crippen LogP contribution in [0.1, 0.15) is 23.9 Å². The second kappa shape index (κ2) is 11.9. The molecule has 8 nitrogen and oxygen atoms in total. The minimum Gasteiger partial charge on any atom is -0.493 e. The zero-order chi connectivity index (χ0) is 27.2. The summed E-state index contributed by atoms with van der Waals surface area (Å²) < 4.78 is 16.6. The van der Waals surface area contributed by atoms with Crippen LogP contribution < -0.4 is 14.8 Å². The molecular formula is C30H34N4O4. The molecule has 0 bridgehead atoms. The Bertz CT molecular complexity index is 1400. The lowest BCUT2D eigenvalue weighted by atomic mass is 9.97. The van der Waals surface area contributed by atoms with Gasteiger partial charge in [-0.1, -0.05) is 41.6 Å². The van der Waals surface area contributed by atoms with E-state index in [-0.39, 0.29) is 18.4 Å². The van der Waals surface area contributed by atoms with Crippen LogP contribution in [0.3, 0.4) is 0 Å². The lowest BCUT2D eigenvalue weighted by Gasteiger charge is -2.20. The first-order valence-electron chi connectivity index (χ1n) is 12.5. The van der Waals surface area contributed by atoms with Gasteiger partial charge in [-0.3, -0.25) is 4.79 Å². The molecule has 0 aliphatic carbocycles. The molecule has 0 radical (unpaired) electrons. The van der Waals surface area contributed by atoms with Crippen LogP contribution in [0, 0.1) is 13.8 Å². The Kier molecular flexibility index (Phi) is 8.43. The summed E-state index contributed by atoms with van der Waals surface area (Å²) in [6.45, 7) is 6.59. The average Bonchev–Trinajstić information content (AvgIpc) is 3.30. The van der Waals surface area contributed by atoms with Gasteiger partial charge in [-0.15, -0.1) is 0 Å². The molecule has 3 aromatic carbocycles. The molecule has 1 unspecified atom stereocenters. The first kappa shape index (κ1) is 26.9. The van der Waals surface area contributed by atoms with E-state index in [0.717, 1.165) is 34.4 Å². The van der Waals surface area contributed by atoms with Gasteiger partial charge in [0.15, 0.2) is 11.5 Å². The number of carbonyl (C=O) groups is 1. The quantitative estimate of drug-likeness (QED) is 0.297. The molecule has 0 fully saturated rings. The second-order valence-electron chi connectivity index (χ2n) is 9.64. The number of nitrogens with zero attached hydrogens (tertiary/aromatic N) is 3. The number of rotatable bonds is 10. The lowest BCUT2D eigenvalue weighted by Crippen LogP contribution is -2.28. The number of aromatic nitrogens is 2. The summed E-state index contributed by atoms with van der Waals surface area (Å²) in [5, 5.41) is 6.97. The summed E-state index contributed by atoms with van der Waals surface area (Å²) in [6, 6.07) is 19.5. The van der Waals surface area contributed by atoms with E-state index in [9.17, 15) is 4.79 Å². The summed E-state index contributed by atoms with van der Waals surface area (Å²) in [6.07, 6.45) is 0.223. The highest BCUT2D eigenvalue weighted by molar-refractivity contribution is 5.92. The molecule has 0 saturated heterocycles. The van der Waals surface area contributed by atoms with Crippen molar-refractivity contribution < 1.29 is 18.8 Å². The van der Waals surface area contributed by atoms with Crippen molar-refractivity contribution in [2.24, 2.45) is 0 Å². The number of benzene rings is 3. The lowest BCUT2D eigenvalue weighted by molar-refractivity contribution is -0.115. The third-order valence-electron chi connectivity index (χ3n) is 6.04. The van der Waals surface area contributed by atoms with Crippen LogP contribution in [0.4, 0.5) is 5.69 Å². The van der Waals surface area contributed by atoms with E-state index in [1.807, 2.05) is 57.4 Å². The Hall–Kier alpha value is -4.17. The monoisotopic (exact) mass is 514 g/mol. The normalized spacial score (nSPS) is 11.9. The molecule has 1 aromatic heterocycles. The SMILES string of the molecule is COc1ccc(NC(=O)Cc2ccc(-c3ccc(-c4noc(C)n4)cc3C)cc2)cc1OC(C)CN(C)C. The number of ether oxygens (including phenoxy) is 2. The molecular weight excluding hydrogens is 480 g/mol. The van der Waals surface area contributed by atoms with Crippen LogP contribution in [0.25, 0.3) is 22.5 Å². The third-order valence-corrected chi connectivity index (χ3v) is 6.04. The van der Waals surface area contributed by atoms with Crippen molar-refractivity contribution in [1.29, 1.82) is 0 Å². The van der Waals surface area contributed by atoms with Gasteiger partial charge in [-0.05, 0) is 68.4 Å². The standard InChI is InChI=1S/C30H34N4O4/c1-19-15-24(30-31-21(3)38-33-30)11-13-26(19)23-9-7-22(8-10-23)16-29(35)32-25-12-14-27(36-6)28(17-25)37-20(2)18-34(4)5/h7-15,17,20H,16,18H2,1-6H3,(H,32,35). The van der Waals surface area contributed by atoms with Gasteiger partial charge in [-0.25, -0.2) is 0 Å². The number of methoxy groups -OCH3 is 1. The average molecular weight is 515 g/mol. The van der Waals surface area contributed by atoms with Crippen molar-refractivity contribution in [1.82, 2.24) is 15.0 Å². The minimum atomic E-state index is -0.105. The maximum atomic E-state index is 12.8. The van der Waals surface area contributed by atoms with Crippen molar-refractivity contribution >= 4 is 11.6 Å². The van der Waals surface area contributed by atoms with Gasteiger partial charge in [0, 0.05) is 30.8 Å². The molecule has 4 rings (SSSR count). The zero-order valence-electron chi connectivity index (χ0n) is 22.7. The number of hydrogen-bond acceptors (Lipinski definition) is 7. The second-order valence-corrected chi connectivity index (χ2v) is 9.64. The predicted octanol–water partition coefficient (Wildman–Crippen LogP) is 5.54. The molecule has 1 heterocycles. The fourth-order valence-corrected chi connectivity index (χ4v) is 4.35. The van der Waals surface area contributed by atoms with Crippen molar-refractivity contribution in [3.63, 3.8) is 0 Å². The summed E-state index contributed by atoms with van der Waals surface area (Å²) in [5.41, 5.74) is 5.79. The molecule has 0 aliphatic rings. The third kappa shape index (κ3) is 6.77. The molecule has 1 N–H and O–H groups in total. The Morgan fingerprint density at radius 1 is 1.00 bits per heavy atom. The fraction of sp³-hybridized carbons (Fsp3) is 0.300. The highest BCUT2D eigenvalue weighted by atomic mass is 16.5. The van der Waals surface area contributed by atoms with Gasteiger partial charge in [0.25, 0.3) is 0 Å². The topological polar surface area (TPSA) is 89.7 Å². The van der Waals surface area contributed by atoms with E-state index in [2.05, 4.69) is 39.4 Å².